The molecule has 0 aliphatic carbocycles. The number of hydrogen-bond donors (Lipinski definition) is 1. The molecule has 0 saturated heterocycles. The second-order valence-corrected chi connectivity index (χ2v) is 6.04. The van der Waals surface area contributed by atoms with Gasteiger partial charge in [0.15, 0.2) is 0 Å². The Hall–Kier alpha value is -2.70. The first-order valence-corrected chi connectivity index (χ1v) is 8.03. The summed E-state index contributed by atoms with van der Waals surface area (Å²) >= 11 is 11.1. The second-order valence-electron chi connectivity index (χ2n) is 5.16. The van der Waals surface area contributed by atoms with Crippen LogP contribution in [0.15, 0.2) is 57.9 Å². The fraction of sp³-hybridized carbons (Fsp3) is 0.0556. The first-order chi connectivity index (χ1) is 12.0. The number of esters is 1. The smallest absolute Gasteiger partial charge is 0.337 e. The van der Waals surface area contributed by atoms with Crippen LogP contribution >= 0.6 is 23.8 Å². The zero-order valence-electron chi connectivity index (χ0n) is 13.2. The normalized spacial score (nSPS) is 11.5. The van der Waals surface area contributed by atoms with Gasteiger partial charge in [-0.25, -0.2) is 9.79 Å². The van der Waals surface area contributed by atoms with Crippen LogP contribution in [0.3, 0.4) is 0 Å². The summed E-state index contributed by atoms with van der Waals surface area (Å²) in [5.74, 6) is -0.414. The lowest BCUT2D eigenvalue weighted by Crippen LogP contribution is -2.20. The monoisotopic (exact) mass is 372 g/mol. The van der Waals surface area contributed by atoms with Crippen LogP contribution in [0.25, 0.3) is 11.0 Å². The minimum atomic E-state index is -0.414. The lowest BCUT2D eigenvalue weighted by atomic mass is 10.2. The Bertz CT molecular complexity index is 1040. The van der Waals surface area contributed by atoms with Gasteiger partial charge in [0, 0.05) is 10.4 Å². The molecule has 3 aromatic rings. The summed E-state index contributed by atoms with van der Waals surface area (Å²) in [4.78, 5) is 16.1. The van der Waals surface area contributed by atoms with E-state index in [-0.39, 0.29) is 10.5 Å². The molecule has 0 radical (unpaired) electrons. The van der Waals surface area contributed by atoms with Crippen molar-refractivity contribution in [2.75, 3.05) is 7.11 Å². The van der Waals surface area contributed by atoms with E-state index in [4.69, 9.17) is 34.0 Å². The lowest BCUT2D eigenvalue weighted by molar-refractivity contribution is 0.0601. The van der Waals surface area contributed by atoms with Gasteiger partial charge in [-0.05, 0) is 48.5 Å². The molecule has 3 rings (SSSR count). The molecule has 7 heteroatoms. The van der Waals surface area contributed by atoms with Gasteiger partial charge >= 0.3 is 5.97 Å². The molecular formula is C18H13ClN2O3S. The summed E-state index contributed by atoms with van der Waals surface area (Å²) in [5, 5.41) is 1.36. The molecule has 25 heavy (non-hydrogen) atoms. The predicted molar refractivity (Wildman–Crippen MR) is 100 cm³/mol. The van der Waals surface area contributed by atoms with Crippen molar-refractivity contribution in [1.82, 2.24) is 0 Å². The SMILES string of the molecule is COC(=O)c1ccc(/N=c2\oc3ccc(Cl)cc3cc2C(N)=S)cc1. The van der Waals surface area contributed by atoms with Crippen LogP contribution in [0, 0.1) is 0 Å². The Morgan fingerprint density at radius 1 is 1.20 bits per heavy atom. The molecule has 2 N–H and O–H groups in total. The van der Waals surface area contributed by atoms with Crippen LogP contribution < -0.4 is 11.3 Å². The number of rotatable bonds is 3. The summed E-state index contributed by atoms with van der Waals surface area (Å²) < 4.78 is 10.5. The second kappa shape index (κ2) is 7.04. The van der Waals surface area contributed by atoms with Crippen LogP contribution in [0.4, 0.5) is 5.69 Å². The van der Waals surface area contributed by atoms with Gasteiger partial charge in [0.05, 0.1) is 23.9 Å². The van der Waals surface area contributed by atoms with Gasteiger partial charge < -0.3 is 14.9 Å². The Morgan fingerprint density at radius 2 is 1.92 bits per heavy atom. The van der Waals surface area contributed by atoms with E-state index in [2.05, 4.69) is 9.73 Å². The molecule has 0 atom stereocenters. The molecule has 0 amide bonds. The Balaban J connectivity index is 2.14. The number of halogens is 1. The number of ether oxygens (including phenoxy) is 1. The van der Waals surface area contributed by atoms with Crippen LogP contribution in [0.2, 0.25) is 5.02 Å². The van der Waals surface area contributed by atoms with E-state index in [9.17, 15) is 4.79 Å². The predicted octanol–water partition coefficient (Wildman–Crippen LogP) is 3.74. The van der Waals surface area contributed by atoms with Crippen molar-refractivity contribution in [3.8, 4) is 0 Å². The summed E-state index contributed by atoms with van der Waals surface area (Å²) in [6.45, 7) is 0. The maximum absolute atomic E-state index is 11.5. The average molecular weight is 373 g/mol. The molecule has 0 bridgehead atoms. The first-order valence-electron chi connectivity index (χ1n) is 7.24. The summed E-state index contributed by atoms with van der Waals surface area (Å²) in [6, 6.07) is 13.6. The van der Waals surface area contributed by atoms with Crippen molar-refractivity contribution in [3.05, 3.63) is 70.2 Å². The van der Waals surface area contributed by atoms with Gasteiger partial charge in [0.1, 0.15) is 10.6 Å². The Labute approximate surface area is 153 Å². The van der Waals surface area contributed by atoms with Crippen molar-refractivity contribution in [1.29, 1.82) is 0 Å². The first kappa shape index (κ1) is 17.1. The molecule has 0 unspecified atom stereocenters. The van der Waals surface area contributed by atoms with Gasteiger partial charge in [-0.15, -0.1) is 0 Å². The van der Waals surface area contributed by atoms with Crippen LogP contribution in [-0.2, 0) is 4.74 Å². The Kier molecular flexibility index (Phi) is 4.83. The minimum Gasteiger partial charge on any atom is -0.465 e. The van der Waals surface area contributed by atoms with Gasteiger partial charge in [-0.2, -0.15) is 0 Å². The number of carbonyl (C=O) groups is 1. The number of nitrogens with two attached hydrogens (primary N) is 1. The highest BCUT2D eigenvalue weighted by Crippen LogP contribution is 2.20. The molecule has 0 aliphatic heterocycles. The van der Waals surface area contributed by atoms with E-state index >= 15 is 0 Å². The molecule has 5 nitrogen and oxygen atoms in total. The standard InChI is InChI=1S/C18H13ClN2O3S/c1-23-18(22)10-2-5-13(6-3-10)21-17-14(16(20)25)9-11-8-12(19)4-7-15(11)24-17/h2-9H,1H3,(H2,20,25)/b21-17-. The molecule has 0 saturated carbocycles. The molecular weight excluding hydrogens is 360 g/mol. The van der Waals surface area contributed by atoms with E-state index < -0.39 is 5.97 Å². The summed E-state index contributed by atoms with van der Waals surface area (Å²) in [5.41, 5.74) is 8.21. The lowest BCUT2D eigenvalue weighted by Gasteiger charge is -2.04. The molecule has 126 valence electrons. The van der Waals surface area contributed by atoms with Crippen molar-refractivity contribution in [3.63, 3.8) is 0 Å². The van der Waals surface area contributed by atoms with Crippen molar-refractivity contribution < 1.29 is 13.9 Å². The van der Waals surface area contributed by atoms with E-state index in [1.165, 1.54) is 7.11 Å². The number of carbonyl (C=O) groups excluding carboxylic acids is 1. The molecule has 0 aliphatic rings. The topological polar surface area (TPSA) is 77.8 Å². The molecule has 0 fully saturated rings. The largest absolute Gasteiger partial charge is 0.465 e. The third-order valence-electron chi connectivity index (χ3n) is 3.49. The fourth-order valence-electron chi connectivity index (χ4n) is 2.27. The number of thiocarbonyl (C=S) groups is 1. The summed E-state index contributed by atoms with van der Waals surface area (Å²) in [7, 11) is 1.33. The maximum Gasteiger partial charge on any atom is 0.337 e. The number of benzene rings is 2. The van der Waals surface area contributed by atoms with Crippen molar-refractivity contribution in [2.24, 2.45) is 10.7 Å². The Morgan fingerprint density at radius 3 is 2.56 bits per heavy atom. The number of methoxy groups -OCH3 is 1. The highest BCUT2D eigenvalue weighted by atomic mass is 35.5. The third kappa shape index (κ3) is 3.70. The molecule has 1 aromatic heterocycles. The highest BCUT2D eigenvalue weighted by molar-refractivity contribution is 7.80. The third-order valence-corrected chi connectivity index (χ3v) is 3.95. The van der Waals surface area contributed by atoms with E-state index in [0.717, 1.165) is 5.39 Å². The summed E-state index contributed by atoms with van der Waals surface area (Å²) in [6.07, 6.45) is 0. The van der Waals surface area contributed by atoms with Gasteiger partial charge in [0.25, 0.3) is 0 Å². The molecule has 2 aromatic carbocycles. The van der Waals surface area contributed by atoms with Crippen LogP contribution in [0.1, 0.15) is 15.9 Å². The zero-order chi connectivity index (χ0) is 18.0. The van der Waals surface area contributed by atoms with Crippen LogP contribution in [-0.4, -0.2) is 18.1 Å². The molecule has 1 heterocycles. The number of nitrogens with zero attached hydrogens (tertiary/aromatic N) is 1. The van der Waals surface area contributed by atoms with Gasteiger partial charge in [-0.1, -0.05) is 23.8 Å². The van der Waals surface area contributed by atoms with Crippen molar-refractivity contribution >= 4 is 51.4 Å². The molecule has 0 spiro atoms. The minimum absolute atomic E-state index is 0.163. The average Bonchev–Trinajstić information content (AvgIpc) is 2.61. The van der Waals surface area contributed by atoms with Crippen LogP contribution in [0.5, 0.6) is 0 Å². The van der Waals surface area contributed by atoms with E-state index in [0.29, 0.717) is 27.4 Å². The quantitative estimate of drug-likeness (QED) is 0.559. The fourth-order valence-corrected chi connectivity index (χ4v) is 2.59. The van der Waals surface area contributed by atoms with E-state index in [1.807, 2.05) is 0 Å². The van der Waals surface area contributed by atoms with Crippen molar-refractivity contribution in [2.45, 2.75) is 0 Å². The van der Waals surface area contributed by atoms with Gasteiger partial charge in [-0.3, -0.25) is 0 Å². The highest BCUT2D eigenvalue weighted by Gasteiger charge is 2.08. The zero-order valence-corrected chi connectivity index (χ0v) is 14.7. The number of fused-ring (bicyclic) bond motifs is 1. The maximum atomic E-state index is 11.5. The van der Waals surface area contributed by atoms with E-state index in [1.54, 1.807) is 48.5 Å². The number of hydrogen-bond acceptors (Lipinski definition) is 5. The van der Waals surface area contributed by atoms with Gasteiger partial charge in [0.2, 0.25) is 5.55 Å².